The van der Waals surface area contributed by atoms with Gasteiger partial charge in [0.1, 0.15) is 18.5 Å². The largest absolute Gasteiger partial charge is 0.486 e. The van der Waals surface area contributed by atoms with E-state index in [9.17, 15) is 12.8 Å². The first-order chi connectivity index (χ1) is 11.0. The first kappa shape index (κ1) is 15.8. The van der Waals surface area contributed by atoms with Gasteiger partial charge in [-0.3, -0.25) is 0 Å². The minimum absolute atomic E-state index is 0.0606. The van der Waals surface area contributed by atoms with Gasteiger partial charge in [-0.05, 0) is 18.2 Å². The summed E-state index contributed by atoms with van der Waals surface area (Å²) in [6.45, 7) is 0.310. The smallest absolute Gasteiger partial charge is 0.216 e. The summed E-state index contributed by atoms with van der Waals surface area (Å²) in [4.78, 5) is 0. The van der Waals surface area contributed by atoms with E-state index in [1.165, 1.54) is 18.2 Å². The molecule has 1 aliphatic rings. The van der Waals surface area contributed by atoms with E-state index in [-0.39, 0.29) is 18.7 Å². The molecule has 1 N–H and O–H groups in total. The van der Waals surface area contributed by atoms with Crippen LogP contribution in [0.5, 0.6) is 11.5 Å². The van der Waals surface area contributed by atoms with E-state index < -0.39 is 27.7 Å². The zero-order valence-corrected chi connectivity index (χ0v) is 13.1. The molecular formula is C16H16FNO4S. The van der Waals surface area contributed by atoms with Crippen LogP contribution in [0.2, 0.25) is 0 Å². The molecule has 2 aromatic carbocycles. The van der Waals surface area contributed by atoms with Crippen LogP contribution in [0.4, 0.5) is 4.39 Å². The normalized spacial score (nSPS) is 17.0. The highest BCUT2D eigenvalue weighted by atomic mass is 32.2. The number of benzene rings is 2. The van der Waals surface area contributed by atoms with Crippen LogP contribution in [0, 0.1) is 5.82 Å². The summed E-state index contributed by atoms with van der Waals surface area (Å²) in [7, 11) is -3.66. The average Bonchev–Trinajstić information content (AvgIpc) is 2.55. The van der Waals surface area contributed by atoms with Crippen molar-refractivity contribution in [1.29, 1.82) is 0 Å². The first-order valence-electron chi connectivity index (χ1n) is 7.13. The summed E-state index contributed by atoms with van der Waals surface area (Å²) >= 11 is 0. The summed E-state index contributed by atoms with van der Waals surface area (Å²) in [6.07, 6.45) is -0.430. The van der Waals surface area contributed by atoms with E-state index in [0.717, 1.165) is 0 Å². The molecular weight excluding hydrogens is 321 g/mol. The number of ether oxygens (including phenoxy) is 2. The van der Waals surface area contributed by atoms with E-state index in [2.05, 4.69) is 4.72 Å². The molecule has 0 amide bonds. The monoisotopic (exact) mass is 337 g/mol. The molecule has 0 radical (unpaired) electrons. The minimum Gasteiger partial charge on any atom is -0.486 e. The molecule has 0 saturated carbocycles. The third-order valence-electron chi connectivity index (χ3n) is 3.40. The molecule has 2 aromatic rings. The molecule has 0 fully saturated rings. The van der Waals surface area contributed by atoms with Crippen molar-refractivity contribution in [1.82, 2.24) is 4.72 Å². The van der Waals surface area contributed by atoms with Crippen LogP contribution in [0.25, 0.3) is 0 Å². The lowest BCUT2D eigenvalue weighted by molar-refractivity contribution is 0.0943. The Labute approximate surface area is 134 Å². The summed E-state index contributed by atoms with van der Waals surface area (Å²) in [6, 6.07) is 13.0. The summed E-state index contributed by atoms with van der Waals surface area (Å²) in [5, 5.41) is 0. The van der Waals surface area contributed by atoms with Gasteiger partial charge in [-0.15, -0.1) is 0 Å². The molecule has 23 heavy (non-hydrogen) atoms. The van der Waals surface area contributed by atoms with Gasteiger partial charge in [0.25, 0.3) is 0 Å². The maximum absolute atomic E-state index is 13.5. The predicted octanol–water partition coefficient (Wildman–Crippen LogP) is 2.09. The van der Waals surface area contributed by atoms with Crippen molar-refractivity contribution < 1.29 is 22.3 Å². The average molecular weight is 337 g/mol. The maximum Gasteiger partial charge on any atom is 0.216 e. The number of halogens is 1. The van der Waals surface area contributed by atoms with E-state index >= 15 is 0 Å². The minimum atomic E-state index is -3.66. The van der Waals surface area contributed by atoms with Crippen LogP contribution in [0.15, 0.2) is 48.5 Å². The van der Waals surface area contributed by atoms with Crippen molar-refractivity contribution in [3.05, 3.63) is 59.9 Å². The fourth-order valence-electron chi connectivity index (χ4n) is 2.25. The van der Waals surface area contributed by atoms with E-state index in [0.29, 0.717) is 11.5 Å². The Morgan fingerprint density at radius 3 is 2.57 bits per heavy atom. The predicted molar refractivity (Wildman–Crippen MR) is 83.4 cm³/mol. The number of para-hydroxylation sites is 2. The van der Waals surface area contributed by atoms with Gasteiger partial charge in [-0.25, -0.2) is 17.5 Å². The highest BCUT2D eigenvalue weighted by Crippen LogP contribution is 2.30. The third kappa shape index (κ3) is 4.00. The number of hydrogen-bond donors (Lipinski definition) is 1. The second kappa shape index (κ2) is 6.55. The Morgan fingerprint density at radius 1 is 1.09 bits per heavy atom. The van der Waals surface area contributed by atoms with E-state index in [1.54, 1.807) is 18.2 Å². The molecule has 7 heteroatoms. The Hall–Kier alpha value is -2.12. The third-order valence-corrected chi connectivity index (χ3v) is 4.70. The van der Waals surface area contributed by atoms with Crippen molar-refractivity contribution in [2.45, 2.75) is 11.9 Å². The highest BCUT2D eigenvalue weighted by Gasteiger charge is 2.23. The zero-order valence-electron chi connectivity index (χ0n) is 12.2. The molecule has 3 rings (SSSR count). The van der Waals surface area contributed by atoms with Crippen molar-refractivity contribution >= 4 is 10.0 Å². The molecule has 0 saturated heterocycles. The maximum atomic E-state index is 13.5. The summed E-state index contributed by atoms with van der Waals surface area (Å²) in [5.41, 5.74) is 0.131. The van der Waals surface area contributed by atoms with Gasteiger partial charge in [0.05, 0.1) is 12.3 Å². The van der Waals surface area contributed by atoms with Crippen molar-refractivity contribution in [3.8, 4) is 11.5 Å². The van der Waals surface area contributed by atoms with Gasteiger partial charge in [-0.2, -0.15) is 0 Å². The Kier molecular flexibility index (Phi) is 4.49. The standard InChI is InChI=1S/C16H16FNO4S/c17-14-6-2-1-5-12(14)11-23(19,20)18-9-13-10-21-15-7-3-4-8-16(15)22-13/h1-8,13,18H,9-11H2/t13-/m0/s1. The van der Waals surface area contributed by atoms with Gasteiger partial charge in [0.15, 0.2) is 11.5 Å². The van der Waals surface area contributed by atoms with E-state index in [1.807, 2.05) is 12.1 Å². The fraction of sp³-hybridized carbons (Fsp3) is 0.250. The molecule has 1 aliphatic heterocycles. The molecule has 1 heterocycles. The number of sulfonamides is 1. The number of hydrogen-bond acceptors (Lipinski definition) is 4. The molecule has 1 atom stereocenters. The number of rotatable bonds is 5. The lowest BCUT2D eigenvalue weighted by Crippen LogP contribution is -2.41. The topological polar surface area (TPSA) is 64.6 Å². The lowest BCUT2D eigenvalue weighted by Gasteiger charge is -2.26. The first-order valence-corrected chi connectivity index (χ1v) is 8.78. The Bertz CT molecular complexity index is 794. The van der Waals surface area contributed by atoms with Gasteiger partial charge < -0.3 is 9.47 Å². The van der Waals surface area contributed by atoms with Gasteiger partial charge in [0.2, 0.25) is 10.0 Å². The number of nitrogens with one attached hydrogen (secondary N) is 1. The van der Waals surface area contributed by atoms with Crippen LogP contribution >= 0.6 is 0 Å². The summed E-state index contributed by atoms with van der Waals surface area (Å²) < 4.78 is 51.3. The molecule has 5 nitrogen and oxygen atoms in total. The number of fused-ring (bicyclic) bond motifs is 1. The van der Waals surface area contributed by atoms with Crippen molar-refractivity contribution in [2.75, 3.05) is 13.2 Å². The molecule has 0 aliphatic carbocycles. The van der Waals surface area contributed by atoms with Crippen LogP contribution < -0.4 is 14.2 Å². The molecule has 0 bridgehead atoms. The van der Waals surface area contributed by atoms with Gasteiger partial charge in [-0.1, -0.05) is 30.3 Å². The second-order valence-corrected chi connectivity index (χ2v) is 7.00. The molecule has 0 unspecified atom stereocenters. The Morgan fingerprint density at radius 2 is 1.78 bits per heavy atom. The molecule has 0 spiro atoms. The van der Waals surface area contributed by atoms with E-state index in [4.69, 9.17) is 9.47 Å². The molecule has 0 aromatic heterocycles. The van der Waals surface area contributed by atoms with Gasteiger partial charge in [0, 0.05) is 5.56 Å². The van der Waals surface area contributed by atoms with Crippen LogP contribution in [0.3, 0.4) is 0 Å². The summed E-state index contributed by atoms with van der Waals surface area (Å²) in [5.74, 6) is 0.267. The SMILES string of the molecule is O=S(=O)(Cc1ccccc1F)NC[C@H]1COc2ccccc2O1. The van der Waals surface area contributed by atoms with Crippen LogP contribution in [-0.4, -0.2) is 27.7 Å². The fourth-order valence-corrected chi connectivity index (χ4v) is 3.44. The van der Waals surface area contributed by atoms with Crippen LogP contribution in [-0.2, 0) is 15.8 Å². The lowest BCUT2D eigenvalue weighted by atomic mass is 10.2. The second-order valence-electron chi connectivity index (χ2n) is 5.20. The zero-order chi connectivity index (χ0) is 16.3. The molecule has 122 valence electrons. The van der Waals surface area contributed by atoms with Gasteiger partial charge >= 0.3 is 0 Å². The van der Waals surface area contributed by atoms with Crippen molar-refractivity contribution in [3.63, 3.8) is 0 Å². The van der Waals surface area contributed by atoms with Crippen LogP contribution in [0.1, 0.15) is 5.56 Å². The highest BCUT2D eigenvalue weighted by molar-refractivity contribution is 7.88. The Balaban J connectivity index is 1.59. The van der Waals surface area contributed by atoms with Crippen molar-refractivity contribution in [2.24, 2.45) is 0 Å². The quantitative estimate of drug-likeness (QED) is 0.907.